The second-order valence-corrected chi connectivity index (χ2v) is 5.84. The summed E-state index contributed by atoms with van der Waals surface area (Å²) < 4.78 is 5.19. The minimum Gasteiger partial charge on any atom is -0.464 e. The van der Waals surface area contributed by atoms with Crippen molar-refractivity contribution in [2.75, 3.05) is 6.61 Å². The number of carbonyl (C=O) groups is 2. The molecule has 1 saturated heterocycles. The number of hydrogen-bond acceptors (Lipinski definition) is 3. The van der Waals surface area contributed by atoms with Crippen LogP contribution in [0.2, 0.25) is 0 Å². The van der Waals surface area contributed by atoms with Crippen LogP contribution >= 0.6 is 0 Å². The standard InChI is InChI=1S/C18H21NO3/c1-2-22-18(21)16-12-14-10-6-7-11-15(14)19(16)17(20)13-8-4-3-5-9-13/h3-5,7-9,11,14-16H,2,6,10,12H2,1H3/t14-,15?,16+/m1/s1. The molecular weight excluding hydrogens is 278 g/mol. The maximum atomic E-state index is 12.9. The molecule has 4 heteroatoms. The summed E-state index contributed by atoms with van der Waals surface area (Å²) in [5.41, 5.74) is 0.622. The van der Waals surface area contributed by atoms with E-state index in [0.29, 0.717) is 24.5 Å². The van der Waals surface area contributed by atoms with E-state index in [1.54, 1.807) is 24.0 Å². The van der Waals surface area contributed by atoms with E-state index < -0.39 is 6.04 Å². The van der Waals surface area contributed by atoms with E-state index in [4.69, 9.17) is 4.74 Å². The third-order valence-corrected chi connectivity index (χ3v) is 4.52. The Morgan fingerprint density at radius 3 is 2.77 bits per heavy atom. The van der Waals surface area contributed by atoms with E-state index in [0.717, 1.165) is 12.8 Å². The van der Waals surface area contributed by atoms with Crippen LogP contribution in [-0.2, 0) is 9.53 Å². The number of nitrogens with zero attached hydrogens (tertiary/aromatic N) is 1. The summed E-state index contributed by atoms with van der Waals surface area (Å²) in [6.45, 7) is 2.14. The van der Waals surface area contributed by atoms with Gasteiger partial charge in [-0.05, 0) is 44.2 Å². The quantitative estimate of drug-likeness (QED) is 0.637. The summed E-state index contributed by atoms with van der Waals surface area (Å²) in [5.74, 6) is -0.0145. The predicted octanol–water partition coefficient (Wildman–Crippen LogP) is 2.80. The van der Waals surface area contributed by atoms with E-state index in [2.05, 4.69) is 12.2 Å². The molecule has 0 N–H and O–H groups in total. The number of amides is 1. The predicted molar refractivity (Wildman–Crippen MR) is 83.3 cm³/mol. The monoisotopic (exact) mass is 299 g/mol. The van der Waals surface area contributed by atoms with Gasteiger partial charge in [0, 0.05) is 5.56 Å². The molecule has 0 radical (unpaired) electrons. The molecule has 2 aliphatic rings. The molecule has 1 unspecified atom stereocenters. The van der Waals surface area contributed by atoms with Gasteiger partial charge >= 0.3 is 5.97 Å². The molecule has 3 atom stereocenters. The topological polar surface area (TPSA) is 46.6 Å². The zero-order chi connectivity index (χ0) is 15.5. The van der Waals surface area contributed by atoms with Crippen molar-refractivity contribution in [2.45, 2.75) is 38.3 Å². The van der Waals surface area contributed by atoms with Gasteiger partial charge in [0.25, 0.3) is 5.91 Å². The smallest absolute Gasteiger partial charge is 0.328 e. The SMILES string of the molecule is CCOC(=O)[C@@H]1C[C@H]2CCC=CC2N1C(=O)c1ccccc1. The first kappa shape index (κ1) is 14.8. The van der Waals surface area contributed by atoms with Crippen molar-refractivity contribution in [3.63, 3.8) is 0 Å². The summed E-state index contributed by atoms with van der Waals surface area (Å²) in [5, 5.41) is 0. The molecule has 4 nitrogen and oxygen atoms in total. The van der Waals surface area contributed by atoms with Gasteiger partial charge in [-0.15, -0.1) is 0 Å². The summed E-state index contributed by atoms with van der Waals surface area (Å²) in [6, 6.07) is 8.71. The number of allylic oxidation sites excluding steroid dienone is 1. The van der Waals surface area contributed by atoms with Gasteiger partial charge in [0.15, 0.2) is 0 Å². The number of rotatable bonds is 3. The molecule has 3 rings (SSSR count). The number of ether oxygens (including phenoxy) is 1. The maximum absolute atomic E-state index is 12.9. The van der Waals surface area contributed by atoms with E-state index in [1.165, 1.54) is 0 Å². The van der Waals surface area contributed by atoms with Gasteiger partial charge in [-0.25, -0.2) is 4.79 Å². The molecule has 1 aromatic rings. The Bertz CT molecular complexity index is 581. The van der Waals surface area contributed by atoms with E-state index in [9.17, 15) is 9.59 Å². The van der Waals surface area contributed by atoms with E-state index >= 15 is 0 Å². The fourth-order valence-electron chi connectivity index (χ4n) is 3.51. The average molecular weight is 299 g/mol. The molecule has 0 spiro atoms. The van der Waals surface area contributed by atoms with Gasteiger partial charge in [0.1, 0.15) is 6.04 Å². The lowest BCUT2D eigenvalue weighted by atomic mass is 9.89. The highest BCUT2D eigenvalue weighted by Crippen LogP contribution is 2.38. The van der Waals surface area contributed by atoms with Crippen molar-refractivity contribution in [1.29, 1.82) is 0 Å². The largest absolute Gasteiger partial charge is 0.464 e. The molecule has 22 heavy (non-hydrogen) atoms. The van der Waals surface area contributed by atoms with E-state index in [1.807, 2.05) is 18.2 Å². The first-order valence-electron chi connectivity index (χ1n) is 7.93. The molecule has 0 saturated carbocycles. The average Bonchev–Trinajstić information content (AvgIpc) is 2.95. The van der Waals surface area contributed by atoms with Gasteiger partial charge in [0.05, 0.1) is 12.6 Å². The number of carbonyl (C=O) groups excluding carboxylic acids is 2. The number of fused-ring (bicyclic) bond motifs is 1. The molecule has 0 bridgehead atoms. The minimum absolute atomic E-state index is 0.0101. The third-order valence-electron chi connectivity index (χ3n) is 4.52. The Hall–Kier alpha value is -2.10. The van der Waals surface area contributed by atoms with Crippen LogP contribution in [0.4, 0.5) is 0 Å². The zero-order valence-corrected chi connectivity index (χ0v) is 12.8. The minimum atomic E-state index is -0.467. The molecule has 1 fully saturated rings. The van der Waals surface area contributed by atoms with Gasteiger partial charge < -0.3 is 9.64 Å². The van der Waals surface area contributed by atoms with Crippen LogP contribution in [0.15, 0.2) is 42.5 Å². The Balaban J connectivity index is 1.91. The van der Waals surface area contributed by atoms with Crippen molar-refractivity contribution in [2.24, 2.45) is 5.92 Å². The zero-order valence-electron chi connectivity index (χ0n) is 12.8. The van der Waals surface area contributed by atoms with Gasteiger partial charge in [0.2, 0.25) is 0 Å². The lowest BCUT2D eigenvalue weighted by molar-refractivity contribution is -0.147. The molecule has 1 amide bonds. The van der Waals surface area contributed by atoms with Gasteiger partial charge in [-0.3, -0.25) is 4.79 Å². The first-order chi connectivity index (χ1) is 10.7. The lowest BCUT2D eigenvalue weighted by Crippen LogP contribution is -2.45. The van der Waals surface area contributed by atoms with Crippen molar-refractivity contribution in [3.8, 4) is 0 Å². The Morgan fingerprint density at radius 2 is 2.05 bits per heavy atom. The molecule has 1 aliphatic heterocycles. The van der Waals surface area contributed by atoms with Crippen LogP contribution in [-0.4, -0.2) is 35.5 Å². The Kier molecular flexibility index (Phi) is 4.27. The van der Waals surface area contributed by atoms with Crippen LogP contribution in [0, 0.1) is 5.92 Å². The third kappa shape index (κ3) is 2.65. The van der Waals surface area contributed by atoms with Crippen molar-refractivity contribution < 1.29 is 14.3 Å². The fraction of sp³-hybridized carbons (Fsp3) is 0.444. The number of esters is 1. The molecule has 1 heterocycles. The maximum Gasteiger partial charge on any atom is 0.328 e. The molecule has 116 valence electrons. The fourth-order valence-corrected chi connectivity index (χ4v) is 3.51. The number of likely N-dealkylation sites (tertiary alicyclic amines) is 1. The van der Waals surface area contributed by atoms with Crippen molar-refractivity contribution in [3.05, 3.63) is 48.0 Å². The summed E-state index contributed by atoms with van der Waals surface area (Å²) >= 11 is 0. The second-order valence-electron chi connectivity index (χ2n) is 5.84. The number of benzene rings is 1. The lowest BCUT2D eigenvalue weighted by Gasteiger charge is -2.30. The van der Waals surface area contributed by atoms with Crippen LogP contribution in [0.5, 0.6) is 0 Å². The van der Waals surface area contributed by atoms with Crippen molar-refractivity contribution in [1.82, 2.24) is 4.90 Å². The highest BCUT2D eigenvalue weighted by atomic mass is 16.5. The molecule has 1 aliphatic carbocycles. The summed E-state index contributed by atoms with van der Waals surface area (Å²) in [4.78, 5) is 26.9. The highest BCUT2D eigenvalue weighted by molar-refractivity contribution is 5.97. The Labute approximate surface area is 130 Å². The molecular formula is C18H21NO3. The Morgan fingerprint density at radius 1 is 1.27 bits per heavy atom. The second kappa shape index (κ2) is 6.34. The van der Waals surface area contributed by atoms with Crippen LogP contribution in [0.1, 0.15) is 36.5 Å². The van der Waals surface area contributed by atoms with Gasteiger partial charge in [-0.2, -0.15) is 0 Å². The van der Waals surface area contributed by atoms with E-state index in [-0.39, 0.29) is 17.9 Å². The summed E-state index contributed by atoms with van der Waals surface area (Å²) in [7, 11) is 0. The molecule has 0 aromatic heterocycles. The van der Waals surface area contributed by atoms with Crippen LogP contribution in [0.3, 0.4) is 0 Å². The summed E-state index contributed by atoms with van der Waals surface area (Å²) in [6.07, 6.45) is 6.93. The number of hydrogen-bond donors (Lipinski definition) is 0. The highest BCUT2D eigenvalue weighted by Gasteiger charge is 2.47. The van der Waals surface area contributed by atoms with Crippen LogP contribution < -0.4 is 0 Å². The normalized spacial score (nSPS) is 26.6. The van der Waals surface area contributed by atoms with Gasteiger partial charge in [-0.1, -0.05) is 30.4 Å². The van der Waals surface area contributed by atoms with Crippen molar-refractivity contribution >= 4 is 11.9 Å². The molecule has 1 aromatic carbocycles. The first-order valence-corrected chi connectivity index (χ1v) is 7.93. The van der Waals surface area contributed by atoms with Crippen LogP contribution in [0.25, 0.3) is 0 Å².